The van der Waals surface area contributed by atoms with Crippen LogP contribution in [-0.4, -0.2) is 34.8 Å². The van der Waals surface area contributed by atoms with E-state index in [9.17, 15) is 9.59 Å². The lowest BCUT2D eigenvalue weighted by atomic mass is 10.1. The summed E-state index contributed by atoms with van der Waals surface area (Å²) in [6.45, 7) is 6.02. The summed E-state index contributed by atoms with van der Waals surface area (Å²) < 4.78 is 6.83. The van der Waals surface area contributed by atoms with Crippen LogP contribution in [0, 0.1) is 20.8 Å². The van der Waals surface area contributed by atoms with Crippen LogP contribution in [0.4, 0.5) is 10.8 Å². The fourth-order valence-electron chi connectivity index (χ4n) is 4.42. The third-order valence-corrected chi connectivity index (χ3v) is 7.39. The number of hydrazone groups is 1. The van der Waals surface area contributed by atoms with Crippen molar-refractivity contribution in [1.29, 1.82) is 0 Å². The number of amides is 1. The molecular formula is C32H29N5O3S. The van der Waals surface area contributed by atoms with Crippen molar-refractivity contribution in [1.82, 2.24) is 15.0 Å². The van der Waals surface area contributed by atoms with Crippen LogP contribution < -0.4 is 10.7 Å². The maximum Gasteiger partial charge on any atom is 0.337 e. The summed E-state index contributed by atoms with van der Waals surface area (Å²) in [5.41, 5.74) is 11.3. The topological polar surface area (TPSA) is 97.6 Å². The number of benzene rings is 3. The van der Waals surface area contributed by atoms with Gasteiger partial charge in [-0.3, -0.25) is 4.79 Å². The molecule has 0 fully saturated rings. The van der Waals surface area contributed by atoms with Gasteiger partial charge in [0.15, 0.2) is 5.13 Å². The highest BCUT2D eigenvalue weighted by atomic mass is 32.1. The molecule has 0 aliphatic heterocycles. The number of aromatic nitrogens is 2. The lowest BCUT2D eigenvalue weighted by Gasteiger charge is -2.10. The highest BCUT2D eigenvalue weighted by molar-refractivity contribution is 7.14. The Morgan fingerprint density at radius 3 is 2.29 bits per heavy atom. The van der Waals surface area contributed by atoms with Gasteiger partial charge in [-0.1, -0.05) is 29.8 Å². The van der Waals surface area contributed by atoms with Crippen LogP contribution in [0.15, 0.2) is 89.3 Å². The standard InChI is InChI=1S/C32H29N5O3S/c1-20-5-13-27(14-6-20)34-32-35-29(19-41-32)23-7-9-24(10-8-23)30(38)36-33-18-26-17-21(2)37(22(26)3)28-15-11-25(12-16-28)31(39)40-4/h5-19H,1-4H3,(H,34,35)(H,36,38)/b33-18-. The zero-order valence-corrected chi connectivity index (χ0v) is 24.0. The molecule has 0 aliphatic rings. The van der Waals surface area contributed by atoms with Gasteiger partial charge in [-0.25, -0.2) is 15.2 Å². The van der Waals surface area contributed by atoms with E-state index in [4.69, 9.17) is 4.74 Å². The molecule has 2 N–H and O–H groups in total. The number of hydrogen-bond acceptors (Lipinski definition) is 7. The molecule has 1 amide bonds. The summed E-state index contributed by atoms with van der Waals surface area (Å²) in [7, 11) is 1.36. The smallest absolute Gasteiger partial charge is 0.337 e. The number of carbonyl (C=O) groups is 2. The predicted molar refractivity (Wildman–Crippen MR) is 164 cm³/mol. The summed E-state index contributed by atoms with van der Waals surface area (Å²) >= 11 is 1.53. The van der Waals surface area contributed by atoms with E-state index in [1.807, 2.05) is 61.7 Å². The van der Waals surface area contributed by atoms with Crippen molar-refractivity contribution in [2.75, 3.05) is 12.4 Å². The molecule has 0 saturated heterocycles. The van der Waals surface area contributed by atoms with Crippen molar-refractivity contribution in [2.24, 2.45) is 5.10 Å². The number of aryl methyl sites for hydroxylation is 2. The van der Waals surface area contributed by atoms with E-state index < -0.39 is 0 Å². The summed E-state index contributed by atoms with van der Waals surface area (Å²) in [5, 5.41) is 10.3. The number of nitrogens with one attached hydrogen (secondary N) is 2. The monoisotopic (exact) mass is 563 g/mol. The van der Waals surface area contributed by atoms with E-state index in [1.165, 1.54) is 24.0 Å². The number of methoxy groups -OCH3 is 1. The normalized spacial score (nSPS) is 11.0. The van der Waals surface area contributed by atoms with Crippen LogP contribution in [0.3, 0.4) is 0 Å². The molecule has 5 rings (SSSR count). The van der Waals surface area contributed by atoms with E-state index >= 15 is 0 Å². The van der Waals surface area contributed by atoms with Crippen LogP contribution in [0.25, 0.3) is 16.9 Å². The first-order chi connectivity index (χ1) is 19.8. The zero-order valence-electron chi connectivity index (χ0n) is 23.1. The summed E-state index contributed by atoms with van der Waals surface area (Å²) in [6.07, 6.45) is 1.63. The van der Waals surface area contributed by atoms with Crippen molar-refractivity contribution in [2.45, 2.75) is 20.8 Å². The minimum Gasteiger partial charge on any atom is -0.465 e. The predicted octanol–water partition coefficient (Wildman–Crippen LogP) is 6.82. The second kappa shape index (κ2) is 12.0. The molecule has 2 heterocycles. The average Bonchev–Trinajstić information content (AvgIpc) is 3.57. The van der Waals surface area contributed by atoms with Crippen LogP contribution in [0.5, 0.6) is 0 Å². The number of nitrogens with zero attached hydrogens (tertiary/aromatic N) is 3. The molecule has 0 atom stereocenters. The second-order valence-electron chi connectivity index (χ2n) is 9.51. The van der Waals surface area contributed by atoms with Gasteiger partial charge in [0.2, 0.25) is 0 Å². The fourth-order valence-corrected chi connectivity index (χ4v) is 5.16. The number of rotatable bonds is 8. The van der Waals surface area contributed by atoms with Gasteiger partial charge in [-0.2, -0.15) is 5.10 Å². The van der Waals surface area contributed by atoms with Crippen molar-refractivity contribution >= 4 is 40.2 Å². The average molecular weight is 564 g/mol. The third kappa shape index (κ3) is 6.26. The molecule has 9 heteroatoms. The molecule has 3 aromatic carbocycles. The highest BCUT2D eigenvalue weighted by Crippen LogP contribution is 2.27. The van der Waals surface area contributed by atoms with Gasteiger partial charge in [0, 0.05) is 44.8 Å². The molecule has 0 radical (unpaired) electrons. The summed E-state index contributed by atoms with van der Waals surface area (Å²) in [6, 6.07) is 24.6. The van der Waals surface area contributed by atoms with Crippen LogP contribution in [0.2, 0.25) is 0 Å². The molecule has 8 nitrogen and oxygen atoms in total. The van der Waals surface area contributed by atoms with Crippen molar-refractivity contribution in [3.8, 4) is 16.9 Å². The van der Waals surface area contributed by atoms with Crippen LogP contribution >= 0.6 is 11.3 Å². The van der Waals surface area contributed by atoms with E-state index in [0.717, 1.165) is 44.7 Å². The maximum absolute atomic E-state index is 12.7. The van der Waals surface area contributed by atoms with Gasteiger partial charge >= 0.3 is 5.97 Å². The number of anilines is 2. The summed E-state index contributed by atoms with van der Waals surface area (Å²) in [4.78, 5) is 29.1. The first kappa shape index (κ1) is 27.5. The number of thiazole rings is 1. The largest absolute Gasteiger partial charge is 0.465 e. The molecule has 41 heavy (non-hydrogen) atoms. The van der Waals surface area contributed by atoms with Crippen LogP contribution in [-0.2, 0) is 4.74 Å². The molecule has 0 aliphatic carbocycles. The Morgan fingerprint density at radius 1 is 0.927 bits per heavy atom. The Kier molecular flexibility index (Phi) is 8.07. The minimum atomic E-state index is -0.376. The molecule has 0 bridgehead atoms. The van der Waals surface area contributed by atoms with Crippen molar-refractivity contribution in [3.63, 3.8) is 0 Å². The maximum atomic E-state index is 12.7. The SMILES string of the molecule is COC(=O)c1ccc(-n2c(C)cc(/C=N\NC(=O)c3ccc(-c4csc(Nc5ccc(C)cc5)n4)cc3)c2C)cc1. The third-order valence-electron chi connectivity index (χ3n) is 6.64. The van der Waals surface area contributed by atoms with E-state index in [1.54, 1.807) is 30.5 Å². The van der Waals surface area contributed by atoms with Crippen molar-refractivity contribution in [3.05, 3.63) is 118 Å². The fraction of sp³-hybridized carbons (Fsp3) is 0.125. The van der Waals surface area contributed by atoms with Gasteiger partial charge in [-0.05, 0) is 75.4 Å². The molecule has 0 saturated carbocycles. The Morgan fingerprint density at radius 2 is 1.61 bits per heavy atom. The summed E-state index contributed by atoms with van der Waals surface area (Å²) in [5.74, 6) is -0.681. The first-order valence-corrected chi connectivity index (χ1v) is 13.8. The highest BCUT2D eigenvalue weighted by Gasteiger charge is 2.12. The van der Waals surface area contributed by atoms with Gasteiger partial charge in [0.1, 0.15) is 0 Å². The van der Waals surface area contributed by atoms with E-state index in [-0.39, 0.29) is 11.9 Å². The Labute approximate surface area is 242 Å². The Balaban J connectivity index is 1.21. The van der Waals surface area contributed by atoms with E-state index in [0.29, 0.717) is 11.1 Å². The number of esters is 1. The second-order valence-corrected chi connectivity index (χ2v) is 10.4. The molecule has 2 aromatic heterocycles. The number of carbonyl (C=O) groups excluding carboxylic acids is 2. The Hall–Kier alpha value is -5.02. The van der Waals surface area contributed by atoms with Gasteiger partial charge in [-0.15, -0.1) is 11.3 Å². The van der Waals surface area contributed by atoms with E-state index in [2.05, 4.69) is 44.5 Å². The number of ether oxygens (including phenoxy) is 1. The molecular weight excluding hydrogens is 534 g/mol. The quantitative estimate of drug-likeness (QED) is 0.123. The van der Waals surface area contributed by atoms with Crippen molar-refractivity contribution < 1.29 is 14.3 Å². The van der Waals surface area contributed by atoms with Gasteiger partial charge < -0.3 is 14.6 Å². The lowest BCUT2D eigenvalue weighted by Crippen LogP contribution is -2.17. The van der Waals surface area contributed by atoms with Gasteiger partial charge in [0.05, 0.1) is 24.6 Å². The Bertz CT molecular complexity index is 1720. The zero-order chi connectivity index (χ0) is 28.9. The van der Waals surface area contributed by atoms with Crippen LogP contribution in [0.1, 0.15) is 43.2 Å². The first-order valence-electron chi connectivity index (χ1n) is 12.9. The van der Waals surface area contributed by atoms with Gasteiger partial charge in [0.25, 0.3) is 5.91 Å². The minimum absolute atomic E-state index is 0.306. The lowest BCUT2D eigenvalue weighted by molar-refractivity contribution is 0.0600. The molecule has 0 spiro atoms. The number of hydrogen-bond donors (Lipinski definition) is 2. The molecule has 0 unspecified atom stereocenters. The molecule has 5 aromatic rings. The molecule has 206 valence electrons.